The van der Waals surface area contributed by atoms with E-state index in [9.17, 15) is 18.8 Å². The van der Waals surface area contributed by atoms with E-state index in [0.717, 1.165) is 12.1 Å². The highest BCUT2D eigenvalue weighted by Gasteiger charge is 2.25. The molecular formula is C13H16FN3O4. The standard InChI is InChI=1S/C13H16FN3O4/c1-13(2,11(15)20)6-16-12(21)17-7-3-4-8(10(18)19)9(14)5-7/h3-5H,6H2,1-2H3,(H2,15,20)(H,18,19)(H2,16,17,21). The minimum absolute atomic E-state index is 0.00383. The second-order valence-electron chi connectivity index (χ2n) is 5.06. The maximum absolute atomic E-state index is 13.4. The molecule has 0 bridgehead atoms. The highest BCUT2D eigenvalue weighted by molar-refractivity contribution is 5.92. The number of carboxylic acids is 1. The van der Waals surface area contributed by atoms with Gasteiger partial charge in [0, 0.05) is 12.2 Å². The zero-order valence-electron chi connectivity index (χ0n) is 11.6. The quantitative estimate of drug-likeness (QED) is 0.651. The number of hydrogen-bond acceptors (Lipinski definition) is 3. The van der Waals surface area contributed by atoms with Crippen LogP contribution in [0.25, 0.3) is 0 Å². The van der Waals surface area contributed by atoms with Gasteiger partial charge in [-0.15, -0.1) is 0 Å². The summed E-state index contributed by atoms with van der Waals surface area (Å²) in [6, 6.07) is 2.53. The van der Waals surface area contributed by atoms with E-state index in [1.165, 1.54) is 6.07 Å². The van der Waals surface area contributed by atoms with Gasteiger partial charge in [0.25, 0.3) is 0 Å². The monoisotopic (exact) mass is 297 g/mol. The molecule has 3 amide bonds. The number of anilines is 1. The molecule has 0 atom stereocenters. The molecule has 0 fully saturated rings. The topological polar surface area (TPSA) is 122 Å². The largest absolute Gasteiger partial charge is 0.478 e. The fourth-order valence-electron chi connectivity index (χ4n) is 1.33. The molecule has 21 heavy (non-hydrogen) atoms. The summed E-state index contributed by atoms with van der Waals surface area (Å²) in [5.41, 5.74) is 3.84. The highest BCUT2D eigenvalue weighted by atomic mass is 19.1. The Labute approximate surface area is 120 Å². The van der Waals surface area contributed by atoms with Crippen LogP contribution in [0.15, 0.2) is 18.2 Å². The van der Waals surface area contributed by atoms with Crippen LogP contribution in [0.5, 0.6) is 0 Å². The lowest BCUT2D eigenvalue weighted by atomic mass is 9.93. The number of urea groups is 1. The predicted octanol–water partition coefficient (Wildman–Crippen LogP) is 1.16. The van der Waals surface area contributed by atoms with Crippen molar-refractivity contribution in [1.82, 2.24) is 5.32 Å². The lowest BCUT2D eigenvalue weighted by Crippen LogP contribution is -2.43. The molecule has 0 saturated carbocycles. The molecule has 1 aromatic rings. The second-order valence-corrected chi connectivity index (χ2v) is 5.06. The second kappa shape index (κ2) is 6.21. The van der Waals surface area contributed by atoms with Crippen molar-refractivity contribution in [3.8, 4) is 0 Å². The van der Waals surface area contributed by atoms with Gasteiger partial charge in [-0.1, -0.05) is 0 Å². The van der Waals surface area contributed by atoms with Crippen LogP contribution in [-0.4, -0.2) is 29.6 Å². The van der Waals surface area contributed by atoms with E-state index in [4.69, 9.17) is 10.8 Å². The number of carboxylic acid groups (broad SMARTS) is 1. The van der Waals surface area contributed by atoms with Crippen molar-refractivity contribution in [2.75, 3.05) is 11.9 Å². The molecule has 5 N–H and O–H groups in total. The molecule has 0 aliphatic heterocycles. The summed E-state index contributed by atoms with van der Waals surface area (Å²) in [5.74, 6) is -2.93. The molecule has 0 heterocycles. The third-order valence-electron chi connectivity index (χ3n) is 2.82. The van der Waals surface area contributed by atoms with Crippen molar-refractivity contribution in [2.24, 2.45) is 11.1 Å². The van der Waals surface area contributed by atoms with E-state index in [2.05, 4.69) is 10.6 Å². The SMILES string of the molecule is CC(C)(CNC(=O)Nc1ccc(C(=O)O)c(F)c1)C(N)=O. The zero-order chi connectivity index (χ0) is 16.2. The number of nitrogens with one attached hydrogen (secondary N) is 2. The molecule has 0 aliphatic carbocycles. The molecule has 8 heteroatoms. The molecule has 7 nitrogen and oxygen atoms in total. The van der Waals surface area contributed by atoms with Crippen LogP contribution < -0.4 is 16.4 Å². The Bertz CT molecular complexity index is 587. The number of hydrogen-bond donors (Lipinski definition) is 4. The first-order valence-corrected chi connectivity index (χ1v) is 6.01. The summed E-state index contributed by atoms with van der Waals surface area (Å²) in [7, 11) is 0. The van der Waals surface area contributed by atoms with Crippen LogP contribution in [0.1, 0.15) is 24.2 Å². The van der Waals surface area contributed by atoms with Crippen molar-refractivity contribution in [1.29, 1.82) is 0 Å². The van der Waals surface area contributed by atoms with Crippen molar-refractivity contribution in [3.63, 3.8) is 0 Å². The first-order chi connectivity index (χ1) is 9.63. The van der Waals surface area contributed by atoms with Gasteiger partial charge in [-0.05, 0) is 32.0 Å². The van der Waals surface area contributed by atoms with Crippen LogP contribution in [-0.2, 0) is 4.79 Å². The predicted molar refractivity (Wildman–Crippen MR) is 73.4 cm³/mol. The summed E-state index contributed by atoms with van der Waals surface area (Å²) in [6.45, 7) is 3.14. The Morgan fingerprint density at radius 3 is 2.43 bits per heavy atom. The van der Waals surface area contributed by atoms with Crippen LogP contribution in [0.2, 0.25) is 0 Å². The number of amides is 3. The first kappa shape index (κ1) is 16.4. The number of nitrogens with two attached hydrogens (primary N) is 1. The highest BCUT2D eigenvalue weighted by Crippen LogP contribution is 2.15. The summed E-state index contributed by atoms with van der Waals surface area (Å²) in [6.07, 6.45) is 0. The minimum atomic E-state index is -1.40. The van der Waals surface area contributed by atoms with Gasteiger partial charge in [-0.25, -0.2) is 14.0 Å². The molecule has 0 saturated heterocycles. The van der Waals surface area contributed by atoms with Gasteiger partial charge >= 0.3 is 12.0 Å². The Hall–Kier alpha value is -2.64. The maximum Gasteiger partial charge on any atom is 0.338 e. The van der Waals surface area contributed by atoms with Crippen molar-refractivity contribution < 1.29 is 23.9 Å². The van der Waals surface area contributed by atoms with Crippen molar-refractivity contribution in [2.45, 2.75) is 13.8 Å². The molecule has 0 spiro atoms. The average Bonchev–Trinajstić information content (AvgIpc) is 2.36. The summed E-state index contributed by atoms with van der Waals surface area (Å²) in [4.78, 5) is 33.3. The van der Waals surface area contributed by atoms with Gasteiger partial charge in [0.15, 0.2) is 0 Å². The summed E-state index contributed by atoms with van der Waals surface area (Å²) < 4.78 is 13.4. The van der Waals surface area contributed by atoms with Gasteiger partial charge in [0.2, 0.25) is 5.91 Å². The van der Waals surface area contributed by atoms with Crippen molar-refractivity contribution >= 4 is 23.6 Å². The number of aromatic carboxylic acids is 1. The van der Waals surface area contributed by atoms with E-state index >= 15 is 0 Å². The molecule has 0 aromatic heterocycles. The number of halogens is 1. The molecule has 1 aromatic carbocycles. The van der Waals surface area contributed by atoms with Gasteiger partial charge in [-0.3, -0.25) is 4.79 Å². The fraction of sp³-hybridized carbons (Fsp3) is 0.308. The number of carbonyl (C=O) groups is 3. The van der Waals surface area contributed by atoms with Crippen LogP contribution in [0.4, 0.5) is 14.9 Å². The van der Waals surface area contributed by atoms with E-state index in [1.807, 2.05) is 0 Å². The van der Waals surface area contributed by atoms with E-state index in [-0.39, 0.29) is 12.2 Å². The van der Waals surface area contributed by atoms with E-state index in [0.29, 0.717) is 0 Å². The lowest BCUT2D eigenvalue weighted by molar-refractivity contribution is -0.125. The molecular weight excluding hydrogens is 281 g/mol. The van der Waals surface area contributed by atoms with Crippen LogP contribution in [0, 0.1) is 11.2 Å². The van der Waals surface area contributed by atoms with Gasteiger partial charge in [-0.2, -0.15) is 0 Å². The van der Waals surface area contributed by atoms with Crippen molar-refractivity contribution in [3.05, 3.63) is 29.6 Å². The molecule has 114 valence electrons. The normalized spacial score (nSPS) is 10.8. The Morgan fingerprint density at radius 1 is 1.33 bits per heavy atom. The minimum Gasteiger partial charge on any atom is -0.478 e. The third kappa shape index (κ3) is 4.44. The Kier molecular flexibility index (Phi) is 4.85. The number of rotatable bonds is 5. The van der Waals surface area contributed by atoms with Crippen LogP contribution in [0.3, 0.4) is 0 Å². The van der Waals surface area contributed by atoms with Crippen LogP contribution >= 0.6 is 0 Å². The Balaban J connectivity index is 2.66. The lowest BCUT2D eigenvalue weighted by Gasteiger charge is -2.20. The smallest absolute Gasteiger partial charge is 0.338 e. The Morgan fingerprint density at radius 2 is 1.95 bits per heavy atom. The van der Waals surface area contributed by atoms with E-state index in [1.54, 1.807) is 13.8 Å². The fourth-order valence-corrected chi connectivity index (χ4v) is 1.33. The number of primary amides is 1. The molecule has 1 rings (SSSR count). The average molecular weight is 297 g/mol. The van der Waals surface area contributed by atoms with E-state index < -0.39 is 34.7 Å². The van der Waals surface area contributed by atoms with Gasteiger partial charge < -0.3 is 21.5 Å². The maximum atomic E-state index is 13.4. The third-order valence-corrected chi connectivity index (χ3v) is 2.82. The number of carbonyl (C=O) groups excluding carboxylic acids is 2. The molecule has 0 unspecified atom stereocenters. The van der Waals surface area contributed by atoms with Gasteiger partial charge in [0.05, 0.1) is 11.0 Å². The first-order valence-electron chi connectivity index (χ1n) is 6.01. The molecule has 0 radical (unpaired) electrons. The summed E-state index contributed by atoms with van der Waals surface area (Å²) >= 11 is 0. The summed E-state index contributed by atoms with van der Waals surface area (Å²) in [5, 5.41) is 13.4. The molecule has 0 aliphatic rings. The van der Waals surface area contributed by atoms with Gasteiger partial charge in [0.1, 0.15) is 5.82 Å². The number of benzene rings is 1. The zero-order valence-corrected chi connectivity index (χ0v) is 11.6.